The van der Waals surface area contributed by atoms with E-state index in [0.29, 0.717) is 12.3 Å². The van der Waals surface area contributed by atoms with Crippen LogP contribution in [0.1, 0.15) is 31.7 Å². The summed E-state index contributed by atoms with van der Waals surface area (Å²) >= 11 is 0. The third-order valence-electron chi connectivity index (χ3n) is 4.17. The van der Waals surface area contributed by atoms with Crippen molar-refractivity contribution in [3.05, 3.63) is 29.8 Å². The Morgan fingerprint density at radius 1 is 1.52 bits per heavy atom. The van der Waals surface area contributed by atoms with Crippen molar-refractivity contribution in [2.45, 2.75) is 39.2 Å². The van der Waals surface area contributed by atoms with Crippen LogP contribution in [0.4, 0.5) is 5.69 Å². The van der Waals surface area contributed by atoms with Gasteiger partial charge in [-0.05, 0) is 63.4 Å². The van der Waals surface area contributed by atoms with Gasteiger partial charge in [0.2, 0.25) is 5.91 Å². The summed E-state index contributed by atoms with van der Waals surface area (Å²) in [5.41, 5.74) is 2.02. The molecule has 1 amide bonds. The zero-order valence-corrected chi connectivity index (χ0v) is 13.0. The molecular weight excluding hydrogens is 264 g/mol. The number of benzene rings is 1. The fourth-order valence-corrected chi connectivity index (χ4v) is 2.87. The molecule has 4 heteroatoms. The quantitative estimate of drug-likeness (QED) is 0.846. The number of nitrogens with one attached hydrogen (secondary N) is 1. The second-order valence-electron chi connectivity index (χ2n) is 6.11. The Balaban J connectivity index is 1.66. The van der Waals surface area contributed by atoms with Gasteiger partial charge in [-0.3, -0.25) is 4.79 Å². The molecule has 1 saturated heterocycles. The monoisotopic (exact) mass is 290 g/mol. The van der Waals surface area contributed by atoms with E-state index in [1.807, 2.05) is 38.1 Å². The highest BCUT2D eigenvalue weighted by Crippen LogP contribution is 2.19. The lowest BCUT2D eigenvalue weighted by molar-refractivity contribution is -0.116. The number of rotatable bonds is 6. The third kappa shape index (κ3) is 5.14. The van der Waals surface area contributed by atoms with Crippen molar-refractivity contribution >= 4 is 11.6 Å². The minimum absolute atomic E-state index is 0.0758. The van der Waals surface area contributed by atoms with E-state index in [1.165, 1.54) is 0 Å². The maximum Gasteiger partial charge on any atom is 0.224 e. The molecule has 2 atom stereocenters. The Bertz CT molecular complexity index is 474. The number of aliphatic hydroxyl groups is 1. The molecule has 1 aromatic carbocycles. The maximum atomic E-state index is 11.9. The highest BCUT2D eigenvalue weighted by atomic mass is 16.3. The largest absolute Gasteiger partial charge is 0.393 e. The molecule has 1 fully saturated rings. The molecular formula is C17H26N2O2. The molecule has 4 nitrogen and oxygen atoms in total. The van der Waals surface area contributed by atoms with Crippen LogP contribution in [-0.4, -0.2) is 41.7 Å². The minimum atomic E-state index is -0.223. The van der Waals surface area contributed by atoms with Gasteiger partial charge < -0.3 is 15.3 Å². The molecule has 2 rings (SSSR count). The predicted molar refractivity (Wildman–Crippen MR) is 85.3 cm³/mol. The van der Waals surface area contributed by atoms with Crippen molar-refractivity contribution in [1.82, 2.24) is 4.90 Å². The number of aliphatic hydroxyl groups excluding tert-OH is 1. The number of anilines is 1. The summed E-state index contributed by atoms with van der Waals surface area (Å²) < 4.78 is 0. The normalized spacial score (nSPS) is 20.4. The first-order valence-electron chi connectivity index (χ1n) is 7.81. The van der Waals surface area contributed by atoms with E-state index in [4.69, 9.17) is 0 Å². The lowest BCUT2D eigenvalue weighted by Crippen LogP contribution is -2.26. The van der Waals surface area contributed by atoms with Crippen LogP contribution in [0.25, 0.3) is 0 Å². The van der Waals surface area contributed by atoms with Crippen molar-refractivity contribution in [1.29, 1.82) is 0 Å². The molecule has 0 bridgehead atoms. The van der Waals surface area contributed by atoms with Crippen molar-refractivity contribution in [2.75, 3.05) is 25.0 Å². The summed E-state index contributed by atoms with van der Waals surface area (Å²) in [6.45, 7) is 6.81. The van der Waals surface area contributed by atoms with E-state index in [1.54, 1.807) is 0 Å². The first-order chi connectivity index (χ1) is 10.0. The molecule has 1 aliphatic rings. The molecule has 0 aromatic heterocycles. The fourth-order valence-electron chi connectivity index (χ4n) is 2.87. The van der Waals surface area contributed by atoms with Gasteiger partial charge in [-0.25, -0.2) is 0 Å². The Morgan fingerprint density at radius 2 is 2.33 bits per heavy atom. The summed E-state index contributed by atoms with van der Waals surface area (Å²) in [6, 6.07) is 7.86. The van der Waals surface area contributed by atoms with Crippen LogP contribution in [0, 0.1) is 12.8 Å². The van der Waals surface area contributed by atoms with Gasteiger partial charge in [-0.15, -0.1) is 0 Å². The molecule has 1 heterocycles. The van der Waals surface area contributed by atoms with Crippen LogP contribution in [0.15, 0.2) is 24.3 Å². The highest BCUT2D eigenvalue weighted by Gasteiger charge is 2.25. The van der Waals surface area contributed by atoms with Crippen molar-refractivity contribution in [2.24, 2.45) is 5.92 Å². The lowest BCUT2D eigenvalue weighted by Gasteiger charge is -2.17. The van der Waals surface area contributed by atoms with Crippen molar-refractivity contribution < 1.29 is 9.90 Å². The number of carbonyl (C=O) groups excluding carboxylic acids is 1. The molecule has 2 unspecified atom stereocenters. The smallest absolute Gasteiger partial charge is 0.224 e. The minimum Gasteiger partial charge on any atom is -0.393 e. The molecule has 2 N–H and O–H groups in total. The molecule has 0 saturated carbocycles. The lowest BCUT2D eigenvalue weighted by atomic mass is 10.0. The van der Waals surface area contributed by atoms with Crippen LogP contribution in [0.5, 0.6) is 0 Å². The number of nitrogens with zero attached hydrogens (tertiary/aromatic N) is 1. The van der Waals surface area contributed by atoms with Gasteiger partial charge in [0, 0.05) is 18.7 Å². The Morgan fingerprint density at radius 3 is 3.00 bits per heavy atom. The van der Waals surface area contributed by atoms with E-state index in [9.17, 15) is 9.90 Å². The summed E-state index contributed by atoms with van der Waals surface area (Å²) in [6.07, 6.45) is 2.25. The number of aryl methyl sites for hydroxylation is 1. The van der Waals surface area contributed by atoms with Gasteiger partial charge in [0.15, 0.2) is 0 Å². The molecule has 1 aliphatic heterocycles. The number of hydrogen-bond donors (Lipinski definition) is 2. The molecule has 1 aromatic rings. The maximum absolute atomic E-state index is 11.9. The van der Waals surface area contributed by atoms with E-state index in [2.05, 4.69) is 10.2 Å². The van der Waals surface area contributed by atoms with Crippen LogP contribution in [-0.2, 0) is 4.79 Å². The predicted octanol–water partition coefficient (Wildman–Crippen LogP) is 2.42. The topological polar surface area (TPSA) is 52.6 Å². The fraction of sp³-hybridized carbons (Fsp3) is 0.588. The van der Waals surface area contributed by atoms with Crippen molar-refractivity contribution in [3.63, 3.8) is 0 Å². The molecule has 0 radical (unpaired) electrons. The Hall–Kier alpha value is -1.39. The first kappa shape index (κ1) is 16.0. The van der Waals surface area contributed by atoms with Gasteiger partial charge >= 0.3 is 0 Å². The zero-order chi connectivity index (χ0) is 15.2. The van der Waals surface area contributed by atoms with Gasteiger partial charge in [-0.2, -0.15) is 0 Å². The number of amides is 1. The van der Waals surface area contributed by atoms with E-state index < -0.39 is 0 Å². The summed E-state index contributed by atoms with van der Waals surface area (Å²) in [5.74, 6) is 0.470. The third-order valence-corrected chi connectivity index (χ3v) is 4.17. The molecule has 116 valence electrons. The second kappa shape index (κ2) is 7.57. The highest BCUT2D eigenvalue weighted by molar-refractivity contribution is 5.90. The summed E-state index contributed by atoms with van der Waals surface area (Å²) in [5, 5.41) is 12.5. The van der Waals surface area contributed by atoms with Gasteiger partial charge in [0.25, 0.3) is 0 Å². The van der Waals surface area contributed by atoms with Crippen molar-refractivity contribution in [3.8, 4) is 0 Å². The van der Waals surface area contributed by atoms with Crippen LogP contribution < -0.4 is 5.32 Å². The molecule has 0 aliphatic carbocycles. The van der Waals surface area contributed by atoms with E-state index in [0.717, 1.165) is 43.7 Å². The van der Waals surface area contributed by atoms with E-state index >= 15 is 0 Å². The summed E-state index contributed by atoms with van der Waals surface area (Å²) in [7, 11) is 0. The number of likely N-dealkylation sites (tertiary alicyclic amines) is 1. The standard InChI is InChI=1S/C17H26N2O2/c1-13-5-3-6-16(11-13)18-17(21)7-4-9-19-10-8-15(12-19)14(2)20/h3,5-6,11,14-15,20H,4,7-10,12H2,1-2H3,(H,18,21). The van der Waals surface area contributed by atoms with Crippen LogP contribution >= 0.6 is 0 Å². The number of carbonyl (C=O) groups is 1. The average Bonchev–Trinajstić information content (AvgIpc) is 2.87. The second-order valence-corrected chi connectivity index (χ2v) is 6.11. The Labute approximate surface area is 127 Å². The van der Waals surface area contributed by atoms with Crippen LogP contribution in [0.3, 0.4) is 0 Å². The first-order valence-corrected chi connectivity index (χ1v) is 7.81. The van der Waals surface area contributed by atoms with Gasteiger partial charge in [-0.1, -0.05) is 12.1 Å². The number of hydrogen-bond acceptors (Lipinski definition) is 3. The Kier molecular flexibility index (Phi) is 5.76. The molecule has 21 heavy (non-hydrogen) atoms. The van der Waals surface area contributed by atoms with E-state index in [-0.39, 0.29) is 12.0 Å². The molecule has 0 spiro atoms. The van der Waals surface area contributed by atoms with Gasteiger partial charge in [0.1, 0.15) is 0 Å². The van der Waals surface area contributed by atoms with Gasteiger partial charge in [0.05, 0.1) is 6.10 Å². The van der Waals surface area contributed by atoms with Crippen LogP contribution in [0.2, 0.25) is 0 Å². The SMILES string of the molecule is Cc1cccc(NC(=O)CCCN2CCC(C(C)O)C2)c1. The zero-order valence-electron chi connectivity index (χ0n) is 13.0. The summed E-state index contributed by atoms with van der Waals surface area (Å²) in [4.78, 5) is 14.2. The average molecular weight is 290 g/mol.